The first-order chi connectivity index (χ1) is 27.7. The number of carbonyl (C=O) groups excluding carboxylic acids is 1. The zero-order valence-corrected chi connectivity index (χ0v) is 37.4. The third kappa shape index (κ3) is 43.2. The van der Waals surface area contributed by atoms with Crippen molar-refractivity contribution in [1.29, 1.82) is 0 Å². The van der Waals surface area contributed by atoms with Gasteiger partial charge >= 0.3 is 0 Å². The molecule has 0 aromatic carbocycles. The fraction of sp³-hybridized carbons (Fsp3) is 0.788. The van der Waals surface area contributed by atoms with Gasteiger partial charge in [0.25, 0.3) is 0 Å². The lowest BCUT2D eigenvalue weighted by molar-refractivity contribution is -0.123. The Labute approximate surface area is 349 Å². The number of aliphatic hydroxyl groups excluding tert-OH is 2. The van der Waals surface area contributed by atoms with Gasteiger partial charge in [-0.1, -0.05) is 228 Å². The van der Waals surface area contributed by atoms with Crippen molar-refractivity contribution in [1.82, 2.24) is 5.32 Å². The first-order valence-corrected chi connectivity index (χ1v) is 24.5. The second-order valence-corrected chi connectivity index (χ2v) is 16.5. The van der Waals surface area contributed by atoms with Gasteiger partial charge in [0, 0.05) is 6.42 Å². The Bertz CT molecular complexity index is 934. The van der Waals surface area contributed by atoms with Crippen LogP contribution in [0.5, 0.6) is 0 Å². The van der Waals surface area contributed by atoms with E-state index in [0.717, 1.165) is 44.9 Å². The molecule has 56 heavy (non-hydrogen) atoms. The number of hydrogen-bond donors (Lipinski definition) is 3. The van der Waals surface area contributed by atoms with Gasteiger partial charge in [-0.05, 0) is 71.1 Å². The summed E-state index contributed by atoms with van der Waals surface area (Å²) in [5.41, 5.74) is 0. The highest BCUT2D eigenvalue weighted by atomic mass is 16.3. The minimum atomic E-state index is -0.868. The lowest BCUT2D eigenvalue weighted by Crippen LogP contribution is -2.45. The van der Waals surface area contributed by atoms with Gasteiger partial charge in [-0.3, -0.25) is 4.79 Å². The molecule has 0 aromatic heterocycles. The summed E-state index contributed by atoms with van der Waals surface area (Å²) in [6, 6.07) is -0.644. The summed E-state index contributed by atoms with van der Waals surface area (Å²) in [6.07, 6.45) is 66.8. The molecule has 2 atom stereocenters. The van der Waals surface area contributed by atoms with Crippen LogP contribution in [0.3, 0.4) is 0 Å². The van der Waals surface area contributed by atoms with Gasteiger partial charge in [0.2, 0.25) is 5.91 Å². The topological polar surface area (TPSA) is 69.6 Å². The van der Waals surface area contributed by atoms with E-state index < -0.39 is 12.1 Å². The Balaban J connectivity index is 3.42. The van der Waals surface area contributed by atoms with E-state index in [1.165, 1.54) is 180 Å². The molecular formula is C52H95NO3. The molecular weight excluding hydrogens is 687 g/mol. The fourth-order valence-electron chi connectivity index (χ4n) is 7.31. The monoisotopic (exact) mass is 782 g/mol. The molecule has 0 saturated heterocycles. The summed E-state index contributed by atoms with van der Waals surface area (Å²) in [5.74, 6) is -0.0811. The smallest absolute Gasteiger partial charge is 0.220 e. The molecule has 3 N–H and O–H groups in total. The number of unbranched alkanes of at least 4 members (excludes halogenated alkanes) is 30. The van der Waals surface area contributed by atoms with Gasteiger partial charge in [0.05, 0.1) is 18.8 Å². The van der Waals surface area contributed by atoms with Crippen LogP contribution in [-0.2, 0) is 4.79 Å². The lowest BCUT2D eigenvalue weighted by atomic mass is 10.0. The Hall–Kier alpha value is -1.91. The molecule has 4 nitrogen and oxygen atoms in total. The number of hydrogen-bond acceptors (Lipinski definition) is 3. The van der Waals surface area contributed by atoms with Crippen LogP contribution in [0.2, 0.25) is 0 Å². The quantitative estimate of drug-likeness (QED) is 0.0426. The summed E-state index contributed by atoms with van der Waals surface area (Å²) < 4.78 is 0. The van der Waals surface area contributed by atoms with Crippen LogP contribution in [0.4, 0.5) is 0 Å². The predicted molar refractivity (Wildman–Crippen MR) is 248 cm³/mol. The standard InChI is InChI=1S/C52H95NO3/c1-3-5-7-9-11-13-14-15-16-17-18-19-20-21-22-23-24-25-26-27-28-29-30-31-32-33-34-35-36-37-38-40-42-44-46-48-52(56)53-50(49-54)51(55)47-45-43-41-39-12-10-8-6-4-2/h4,6,12,20-21,23-24,39,45,47,50-51,54-55H,3,5,7-11,13-19,22,25-38,40-44,46,48-49H2,1-2H3,(H,53,56)/b6-4+,21-20-,24-23-,39-12+,47-45+. The highest BCUT2D eigenvalue weighted by molar-refractivity contribution is 5.76. The van der Waals surface area contributed by atoms with Gasteiger partial charge in [-0.25, -0.2) is 0 Å². The fourth-order valence-corrected chi connectivity index (χ4v) is 7.31. The molecule has 0 fully saturated rings. The van der Waals surface area contributed by atoms with Crippen molar-refractivity contribution in [3.8, 4) is 0 Å². The van der Waals surface area contributed by atoms with E-state index in [1.54, 1.807) is 6.08 Å². The van der Waals surface area contributed by atoms with E-state index in [9.17, 15) is 15.0 Å². The molecule has 0 bridgehead atoms. The van der Waals surface area contributed by atoms with Gasteiger partial charge in [0.1, 0.15) is 0 Å². The number of nitrogens with one attached hydrogen (secondary N) is 1. The Morgan fingerprint density at radius 1 is 0.464 bits per heavy atom. The number of carbonyl (C=O) groups is 1. The van der Waals surface area contributed by atoms with Crippen LogP contribution in [-0.4, -0.2) is 34.9 Å². The molecule has 0 heterocycles. The van der Waals surface area contributed by atoms with Crippen molar-refractivity contribution in [2.45, 2.75) is 257 Å². The van der Waals surface area contributed by atoms with Crippen LogP contribution >= 0.6 is 0 Å². The molecule has 0 aliphatic rings. The van der Waals surface area contributed by atoms with Crippen molar-refractivity contribution in [3.63, 3.8) is 0 Å². The Kier molecular flexibility index (Phi) is 45.8. The molecule has 326 valence electrons. The average Bonchev–Trinajstić information content (AvgIpc) is 3.20. The van der Waals surface area contributed by atoms with Crippen LogP contribution in [0.25, 0.3) is 0 Å². The SMILES string of the molecule is C/C=C/CC/C=C/CC/C=C/C(O)C(CO)NC(=O)CCCCCCCCCCCCCCCCCCC/C=C\C/C=C\CCCCCCCCCCCCC. The summed E-state index contributed by atoms with van der Waals surface area (Å²) in [5, 5.41) is 22.8. The molecule has 0 aliphatic heterocycles. The van der Waals surface area contributed by atoms with Crippen molar-refractivity contribution in [2.75, 3.05) is 6.61 Å². The summed E-state index contributed by atoms with van der Waals surface area (Å²) in [6.45, 7) is 4.07. The van der Waals surface area contributed by atoms with E-state index in [1.807, 2.05) is 13.0 Å². The minimum Gasteiger partial charge on any atom is -0.394 e. The zero-order chi connectivity index (χ0) is 40.7. The lowest BCUT2D eigenvalue weighted by Gasteiger charge is -2.19. The van der Waals surface area contributed by atoms with Crippen LogP contribution in [0.15, 0.2) is 60.8 Å². The Morgan fingerprint density at radius 3 is 1.23 bits per heavy atom. The first kappa shape index (κ1) is 54.1. The van der Waals surface area contributed by atoms with E-state index in [0.29, 0.717) is 6.42 Å². The Morgan fingerprint density at radius 2 is 0.821 bits per heavy atom. The number of amides is 1. The summed E-state index contributed by atoms with van der Waals surface area (Å²) in [4.78, 5) is 12.3. The van der Waals surface area contributed by atoms with Crippen LogP contribution in [0.1, 0.15) is 245 Å². The molecule has 4 heteroatoms. The molecule has 0 saturated carbocycles. The normalized spacial score (nSPS) is 13.4. The minimum absolute atomic E-state index is 0.0811. The van der Waals surface area contributed by atoms with Gasteiger partial charge in [-0.15, -0.1) is 0 Å². The maximum Gasteiger partial charge on any atom is 0.220 e. The van der Waals surface area contributed by atoms with Gasteiger partial charge in [-0.2, -0.15) is 0 Å². The van der Waals surface area contributed by atoms with E-state index in [2.05, 4.69) is 60.8 Å². The second-order valence-electron chi connectivity index (χ2n) is 16.5. The largest absolute Gasteiger partial charge is 0.394 e. The van der Waals surface area contributed by atoms with Crippen molar-refractivity contribution >= 4 is 5.91 Å². The summed E-state index contributed by atoms with van der Waals surface area (Å²) >= 11 is 0. The number of aliphatic hydroxyl groups is 2. The maximum atomic E-state index is 12.3. The second kappa shape index (κ2) is 47.5. The number of allylic oxidation sites excluding steroid dienone is 9. The maximum absolute atomic E-state index is 12.3. The molecule has 0 rings (SSSR count). The molecule has 0 aromatic rings. The third-order valence-electron chi connectivity index (χ3n) is 11.0. The first-order valence-electron chi connectivity index (χ1n) is 24.5. The van der Waals surface area contributed by atoms with Gasteiger partial charge in [0.15, 0.2) is 0 Å². The predicted octanol–water partition coefficient (Wildman–Crippen LogP) is 15.7. The van der Waals surface area contributed by atoms with Crippen molar-refractivity contribution in [2.24, 2.45) is 0 Å². The molecule has 0 aliphatic carbocycles. The molecule has 2 unspecified atom stereocenters. The highest BCUT2D eigenvalue weighted by Crippen LogP contribution is 2.16. The zero-order valence-electron chi connectivity index (χ0n) is 37.4. The van der Waals surface area contributed by atoms with E-state index in [4.69, 9.17) is 0 Å². The van der Waals surface area contributed by atoms with E-state index in [-0.39, 0.29) is 12.5 Å². The average molecular weight is 782 g/mol. The van der Waals surface area contributed by atoms with E-state index >= 15 is 0 Å². The third-order valence-corrected chi connectivity index (χ3v) is 11.0. The molecule has 0 spiro atoms. The molecule has 0 radical (unpaired) electrons. The highest BCUT2D eigenvalue weighted by Gasteiger charge is 2.17. The van der Waals surface area contributed by atoms with Crippen LogP contribution < -0.4 is 5.32 Å². The van der Waals surface area contributed by atoms with Gasteiger partial charge < -0.3 is 15.5 Å². The van der Waals surface area contributed by atoms with Crippen molar-refractivity contribution in [3.05, 3.63) is 60.8 Å². The van der Waals surface area contributed by atoms with Crippen molar-refractivity contribution < 1.29 is 15.0 Å². The molecule has 1 amide bonds. The summed E-state index contributed by atoms with van der Waals surface area (Å²) in [7, 11) is 0. The number of rotatable bonds is 44. The van der Waals surface area contributed by atoms with Crippen LogP contribution in [0, 0.1) is 0 Å².